The van der Waals surface area contributed by atoms with Crippen molar-refractivity contribution in [1.82, 2.24) is 4.90 Å². The van der Waals surface area contributed by atoms with Gasteiger partial charge in [-0.05, 0) is 24.3 Å². The van der Waals surface area contributed by atoms with Crippen molar-refractivity contribution in [3.05, 3.63) is 59.6 Å². The number of nitrogens with one attached hydrogen (secondary N) is 1. The molecule has 24 heavy (non-hydrogen) atoms. The number of rotatable bonds is 5. The minimum Gasteiger partial charge on any atom is -0.368 e. The molecule has 1 saturated heterocycles. The summed E-state index contributed by atoms with van der Waals surface area (Å²) in [6.07, 6.45) is 0.515. The third-order valence-corrected chi connectivity index (χ3v) is 4.60. The number of para-hydroxylation sites is 2. The van der Waals surface area contributed by atoms with Gasteiger partial charge in [-0.3, -0.25) is 9.69 Å². The largest absolute Gasteiger partial charge is 0.368 e. The van der Waals surface area contributed by atoms with Gasteiger partial charge in [-0.15, -0.1) is 0 Å². The molecular weight excluding hydrogens is 322 g/mol. The zero-order valence-corrected chi connectivity index (χ0v) is 14.4. The fourth-order valence-electron chi connectivity index (χ4n) is 2.93. The first-order valence-corrected chi connectivity index (χ1v) is 8.67. The maximum Gasteiger partial charge on any atom is 0.225 e. The van der Waals surface area contributed by atoms with Crippen LogP contribution in [0.5, 0.6) is 0 Å². The van der Waals surface area contributed by atoms with E-state index in [2.05, 4.69) is 21.2 Å². The van der Waals surface area contributed by atoms with Crippen LogP contribution in [-0.2, 0) is 4.79 Å². The first-order valence-electron chi connectivity index (χ1n) is 8.29. The summed E-state index contributed by atoms with van der Waals surface area (Å²) in [4.78, 5) is 16.7. The number of carbonyl (C=O) groups excluding carboxylic acids is 1. The smallest absolute Gasteiger partial charge is 0.225 e. The van der Waals surface area contributed by atoms with Gasteiger partial charge in [-0.25, -0.2) is 0 Å². The number of hydrogen-bond acceptors (Lipinski definition) is 3. The molecule has 1 heterocycles. The van der Waals surface area contributed by atoms with Crippen LogP contribution in [0.25, 0.3) is 0 Å². The molecule has 0 spiro atoms. The second kappa shape index (κ2) is 8.18. The second-order valence-electron chi connectivity index (χ2n) is 5.94. The normalized spacial score (nSPS) is 15.3. The van der Waals surface area contributed by atoms with Gasteiger partial charge in [-0.1, -0.05) is 41.9 Å². The Bertz CT molecular complexity index is 669. The summed E-state index contributed by atoms with van der Waals surface area (Å²) in [6, 6.07) is 17.5. The van der Waals surface area contributed by atoms with E-state index in [9.17, 15) is 4.79 Å². The highest BCUT2D eigenvalue weighted by Crippen LogP contribution is 2.25. The van der Waals surface area contributed by atoms with Crippen molar-refractivity contribution in [3.8, 4) is 0 Å². The van der Waals surface area contributed by atoms with Crippen LogP contribution in [-0.4, -0.2) is 43.5 Å². The number of benzene rings is 2. The lowest BCUT2D eigenvalue weighted by Gasteiger charge is -2.36. The van der Waals surface area contributed by atoms with Gasteiger partial charge in [0, 0.05) is 44.8 Å². The molecular formula is C19H22ClN3O. The van der Waals surface area contributed by atoms with Crippen LogP contribution < -0.4 is 10.2 Å². The van der Waals surface area contributed by atoms with Gasteiger partial charge in [0.15, 0.2) is 0 Å². The Morgan fingerprint density at radius 3 is 2.33 bits per heavy atom. The van der Waals surface area contributed by atoms with E-state index in [4.69, 9.17) is 11.6 Å². The molecule has 4 nitrogen and oxygen atoms in total. The lowest BCUT2D eigenvalue weighted by atomic mass is 10.2. The second-order valence-corrected chi connectivity index (χ2v) is 6.35. The summed E-state index contributed by atoms with van der Waals surface area (Å²) < 4.78 is 0. The average Bonchev–Trinajstić information content (AvgIpc) is 2.62. The van der Waals surface area contributed by atoms with E-state index in [0.717, 1.165) is 49.1 Å². The summed E-state index contributed by atoms with van der Waals surface area (Å²) in [5, 5.41) is 3.73. The molecule has 5 heteroatoms. The molecule has 1 amide bonds. The Kier molecular flexibility index (Phi) is 5.72. The van der Waals surface area contributed by atoms with E-state index < -0.39 is 0 Å². The minimum atomic E-state index is 0.0646. The predicted molar refractivity (Wildman–Crippen MR) is 99.8 cm³/mol. The Morgan fingerprint density at radius 2 is 1.62 bits per heavy atom. The zero-order chi connectivity index (χ0) is 16.8. The van der Waals surface area contributed by atoms with Gasteiger partial charge in [0.1, 0.15) is 0 Å². The number of carbonyl (C=O) groups is 1. The number of hydrogen-bond donors (Lipinski definition) is 1. The Morgan fingerprint density at radius 1 is 0.958 bits per heavy atom. The average molecular weight is 344 g/mol. The molecule has 1 fully saturated rings. The van der Waals surface area contributed by atoms with Crippen molar-refractivity contribution in [2.45, 2.75) is 6.42 Å². The molecule has 1 aliphatic heterocycles. The maximum absolute atomic E-state index is 12.0. The van der Waals surface area contributed by atoms with E-state index in [1.807, 2.05) is 48.5 Å². The summed E-state index contributed by atoms with van der Waals surface area (Å²) in [6.45, 7) is 4.55. The SMILES string of the molecule is O=C(CCN1CCN(c2ccccc2Cl)CC1)Nc1ccccc1. The van der Waals surface area contributed by atoms with Crippen molar-refractivity contribution in [1.29, 1.82) is 0 Å². The third kappa shape index (κ3) is 4.49. The van der Waals surface area contributed by atoms with Gasteiger partial charge in [-0.2, -0.15) is 0 Å². The topological polar surface area (TPSA) is 35.6 Å². The monoisotopic (exact) mass is 343 g/mol. The summed E-state index contributed by atoms with van der Waals surface area (Å²) >= 11 is 6.27. The van der Waals surface area contributed by atoms with Crippen molar-refractivity contribution in [2.24, 2.45) is 0 Å². The Hall–Kier alpha value is -2.04. The van der Waals surface area contributed by atoms with Gasteiger partial charge in [0.25, 0.3) is 0 Å². The van der Waals surface area contributed by atoms with Crippen LogP contribution in [0.4, 0.5) is 11.4 Å². The number of halogens is 1. The van der Waals surface area contributed by atoms with Crippen LogP contribution in [0.1, 0.15) is 6.42 Å². The lowest BCUT2D eigenvalue weighted by Crippen LogP contribution is -2.47. The van der Waals surface area contributed by atoms with E-state index >= 15 is 0 Å². The molecule has 2 aromatic rings. The van der Waals surface area contributed by atoms with Crippen LogP contribution in [0.2, 0.25) is 5.02 Å². The number of amides is 1. The minimum absolute atomic E-state index is 0.0646. The number of nitrogens with zero attached hydrogens (tertiary/aromatic N) is 2. The van der Waals surface area contributed by atoms with Crippen molar-refractivity contribution in [3.63, 3.8) is 0 Å². The first-order chi connectivity index (χ1) is 11.7. The van der Waals surface area contributed by atoms with Crippen LogP contribution in [0.15, 0.2) is 54.6 Å². The van der Waals surface area contributed by atoms with Crippen molar-refractivity contribution < 1.29 is 4.79 Å². The molecule has 3 rings (SSSR count). The zero-order valence-electron chi connectivity index (χ0n) is 13.6. The molecule has 0 atom stereocenters. The van der Waals surface area contributed by atoms with Gasteiger partial charge >= 0.3 is 0 Å². The summed E-state index contributed by atoms with van der Waals surface area (Å²) in [5.41, 5.74) is 1.95. The van der Waals surface area contributed by atoms with Gasteiger partial charge < -0.3 is 10.2 Å². The molecule has 2 aromatic carbocycles. The van der Waals surface area contributed by atoms with Crippen LogP contribution in [0.3, 0.4) is 0 Å². The highest BCUT2D eigenvalue weighted by molar-refractivity contribution is 6.33. The Balaban J connectivity index is 1.43. The van der Waals surface area contributed by atoms with E-state index in [1.165, 1.54) is 0 Å². The quantitative estimate of drug-likeness (QED) is 0.902. The molecule has 0 saturated carbocycles. The summed E-state index contributed by atoms with van der Waals surface area (Å²) in [5.74, 6) is 0.0646. The Labute approximate surface area is 148 Å². The fraction of sp³-hybridized carbons (Fsp3) is 0.316. The first kappa shape index (κ1) is 16.8. The lowest BCUT2D eigenvalue weighted by molar-refractivity contribution is -0.116. The standard InChI is InChI=1S/C19H22ClN3O/c20-17-8-4-5-9-18(17)23-14-12-22(13-15-23)11-10-19(24)21-16-6-2-1-3-7-16/h1-9H,10-15H2,(H,21,24). The van der Waals surface area contributed by atoms with E-state index in [0.29, 0.717) is 6.42 Å². The van der Waals surface area contributed by atoms with E-state index in [1.54, 1.807) is 0 Å². The molecule has 0 aliphatic carbocycles. The number of piperazine rings is 1. The van der Waals surface area contributed by atoms with Gasteiger partial charge in [0.2, 0.25) is 5.91 Å². The van der Waals surface area contributed by atoms with Crippen LogP contribution in [0, 0.1) is 0 Å². The van der Waals surface area contributed by atoms with Crippen molar-refractivity contribution >= 4 is 28.9 Å². The van der Waals surface area contributed by atoms with Crippen molar-refractivity contribution in [2.75, 3.05) is 42.9 Å². The predicted octanol–water partition coefficient (Wildman–Crippen LogP) is 3.49. The highest BCUT2D eigenvalue weighted by Gasteiger charge is 2.19. The third-order valence-electron chi connectivity index (χ3n) is 4.28. The summed E-state index contributed by atoms with van der Waals surface area (Å²) in [7, 11) is 0. The molecule has 0 aromatic heterocycles. The molecule has 0 unspecified atom stereocenters. The van der Waals surface area contributed by atoms with Gasteiger partial charge in [0.05, 0.1) is 10.7 Å². The van der Waals surface area contributed by atoms with E-state index in [-0.39, 0.29) is 5.91 Å². The molecule has 126 valence electrons. The molecule has 0 bridgehead atoms. The molecule has 0 radical (unpaired) electrons. The fourth-order valence-corrected chi connectivity index (χ4v) is 3.18. The number of anilines is 2. The van der Waals surface area contributed by atoms with Crippen LogP contribution >= 0.6 is 11.6 Å². The maximum atomic E-state index is 12.0. The molecule has 1 N–H and O–H groups in total. The molecule has 1 aliphatic rings. The highest BCUT2D eigenvalue weighted by atomic mass is 35.5.